The molecule has 1 aromatic carbocycles. The Labute approximate surface area is 88.1 Å². The van der Waals surface area contributed by atoms with Gasteiger partial charge in [0.05, 0.1) is 11.9 Å². The summed E-state index contributed by atoms with van der Waals surface area (Å²) in [5.41, 5.74) is 5.78. The SMILES string of the molecule is C[C@@H](/C=N\NC=O)ONc1ccccc1. The van der Waals surface area contributed by atoms with Gasteiger partial charge < -0.3 is 0 Å². The van der Waals surface area contributed by atoms with Crippen LogP contribution in [0.5, 0.6) is 0 Å². The Morgan fingerprint density at radius 1 is 1.40 bits per heavy atom. The first-order valence-corrected chi connectivity index (χ1v) is 4.52. The van der Waals surface area contributed by atoms with E-state index in [1.54, 1.807) is 6.92 Å². The third kappa shape index (κ3) is 4.78. The van der Waals surface area contributed by atoms with Crippen molar-refractivity contribution in [3.05, 3.63) is 30.3 Å². The van der Waals surface area contributed by atoms with Crippen LogP contribution in [0.25, 0.3) is 0 Å². The Morgan fingerprint density at radius 3 is 2.80 bits per heavy atom. The zero-order valence-electron chi connectivity index (χ0n) is 8.38. The summed E-state index contributed by atoms with van der Waals surface area (Å²) >= 11 is 0. The molecule has 0 aliphatic heterocycles. The van der Waals surface area contributed by atoms with Gasteiger partial charge in [-0.1, -0.05) is 18.2 Å². The standard InChI is InChI=1S/C10H13N3O2/c1-9(7-11-12-8-14)15-13-10-5-3-2-4-6-10/h2-9,13H,1H3,(H,12,14)/b11-7-/t9-/m0/s1. The van der Waals surface area contributed by atoms with E-state index in [-0.39, 0.29) is 6.10 Å². The van der Waals surface area contributed by atoms with Crippen molar-refractivity contribution in [2.24, 2.45) is 5.10 Å². The normalized spacial score (nSPS) is 12.3. The maximum Gasteiger partial charge on any atom is 0.227 e. The van der Waals surface area contributed by atoms with Crippen LogP contribution in [0.2, 0.25) is 0 Å². The molecule has 0 bridgehead atoms. The van der Waals surface area contributed by atoms with E-state index >= 15 is 0 Å². The fourth-order valence-corrected chi connectivity index (χ4v) is 0.876. The van der Waals surface area contributed by atoms with Crippen molar-refractivity contribution < 1.29 is 9.63 Å². The van der Waals surface area contributed by atoms with Gasteiger partial charge in [0.25, 0.3) is 0 Å². The Morgan fingerprint density at radius 2 is 2.13 bits per heavy atom. The smallest absolute Gasteiger partial charge is 0.227 e. The minimum Gasteiger partial charge on any atom is -0.277 e. The topological polar surface area (TPSA) is 62.7 Å². The lowest BCUT2D eigenvalue weighted by molar-refractivity contribution is -0.109. The van der Waals surface area contributed by atoms with Gasteiger partial charge in [-0.2, -0.15) is 5.10 Å². The number of hydrazone groups is 1. The lowest BCUT2D eigenvalue weighted by Crippen LogP contribution is -2.16. The van der Waals surface area contributed by atoms with E-state index in [2.05, 4.69) is 16.0 Å². The van der Waals surface area contributed by atoms with Crippen molar-refractivity contribution in [2.75, 3.05) is 5.48 Å². The summed E-state index contributed by atoms with van der Waals surface area (Å²) in [6.45, 7) is 1.80. The number of para-hydroxylation sites is 1. The Balaban J connectivity index is 2.28. The predicted molar refractivity (Wildman–Crippen MR) is 58.3 cm³/mol. The van der Waals surface area contributed by atoms with Crippen molar-refractivity contribution >= 4 is 18.3 Å². The van der Waals surface area contributed by atoms with E-state index in [1.807, 2.05) is 30.3 Å². The van der Waals surface area contributed by atoms with Crippen LogP contribution < -0.4 is 10.9 Å². The van der Waals surface area contributed by atoms with Crippen LogP contribution >= 0.6 is 0 Å². The van der Waals surface area contributed by atoms with Gasteiger partial charge in [-0.3, -0.25) is 15.1 Å². The van der Waals surface area contributed by atoms with Gasteiger partial charge in [-0.25, -0.2) is 5.43 Å². The third-order valence-electron chi connectivity index (χ3n) is 1.55. The molecule has 0 radical (unpaired) electrons. The molecule has 1 atom stereocenters. The molecular formula is C10H13N3O2. The van der Waals surface area contributed by atoms with E-state index in [0.717, 1.165) is 5.69 Å². The van der Waals surface area contributed by atoms with E-state index in [0.29, 0.717) is 6.41 Å². The Kier molecular flexibility index (Phi) is 4.89. The molecule has 0 aliphatic rings. The van der Waals surface area contributed by atoms with Crippen molar-refractivity contribution in [3.63, 3.8) is 0 Å². The van der Waals surface area contributed by atoms with Crippen LogP contribution in [-0.2, 0) is 9.63 Å². The van der Waals surface area contributed by atoms with Crippen LogP contribution in [0.4, 0.5) is 5.69 Å². The quantitative estimate of drug-likeness (QED) is 0.418. The largest absolute Gasteiger partial charge is 0.277 e. The fourth-order valence-electron chi connectivity index (χ4n) is 0.876. The van der Waals surface area contributed by atoms with Crippen molar-refractivity contribution in [1.82, 2.24) is 5.43 Å². The highest BCUT2D eigenvalue weighted by atomic mass is 16.7. The maximum atomic E-state index is 9.88. The first-order valence-electron chi connectivity index (χ1n) is 4.52. The van der Waals surface area contributed by atoms with E-state index in [4.69, 9.17) is 4.84 Å². The molecular weight excluding hydrogens is 194 g/mol. The highest BCUT2D eigenvalue weighted by Gasteiger charge is 1.97. The summed E-state index contributed by atoms with van der Waals surface area (Å²) in [5, 5.41) is 3.59. The van der Waals surface area contributed by atoms with Crippen LogP contribution in [-0.4, -0.2) is 18.7 Å². The summed E-state index contributed by atoms with van der Waals surface area (Å²) in [6.07, 6.45) is 1.73. The molecule has 1 rings (SSSR count). The number of hydrogen-bond donors (Lipinski definition) is 2. The number of nitrogens with zero attached hydrogens (tertiary/aromatic N) is 1. The molecule has 80 valence electrons. The Bertz CT molecular complexity index is 314. The molecule has 0 fully saturated rings. The molecule has 0 saturated carbocycles. The summed E-state index contributed by atoms with van der Waals surface area (Å²) in [5.74, 6) is 0. The fraction of sp³-hybridized carbons (Fsp3) is 0.200. The molecule has 0 spiro atoms. The van der Waals surface area contributed by atoms with Crippen LogP contribution in [0.1, 0.15) is 6.92 Å². The van der Waals surface area contributed by atoms with Gasteiger partial charge in [0, 0.05) is 0 Å². The molecule has 5 heteroatoms. The Hall–Kier alpha value is -1.88. The summed E-state index contributed by atoms with van der Waals surface area (Å²) in [6, 6.07) is 9.49. The number of benzene rings is 1. The number of carbonyl (C=O) groups is 1. The van der Waals surface area contributed by atoms with Gasteiger partial charge in [0.1, 0.15) is 6.10 Å². The highest BCUT2D eigenvalue weighted by Crippen LogP contribution is 2.05. The van der Waals surface area contributed by atoms with E-state index in [9.17, 15) is 4.79 Å². The third-order valence-corrected chi connectivity index (χ3v) is 1.55. The van der Waals surface area contributed by atoms with Crippen molar-refractivity contribution in [2.45, 2.75) is 13.0 Å². The molecule has 0 aliphatic carbocycles. The first-order chi connectivity index (χ1) is 7.33. The molecule has 1 amide bonds. The second-order valence-electron chi connectivity index (χ2n) is 2.82. The molecule has 5 nitrogen and oxygen atoms in total. The molecule has 0 aromatic heterocycles. The summed E-state index contributed by atoms with van der Waals surface area (Å²) in [7, 11) is 0. The van der Waals surface area contributed by atoms with Crippen molar-refractivity contribution in [3.8, 4) is 0 Å². The summed E-state index contributed by atoms with van der Waals surface area (Å²) in [4.78, 5) is 15.1. The molecule has 1 aromatic rings. The zero-order valence-corrected chi connectivity index (χ0v) is 8.38. The second kappa shape index (κ2) is 6.56. The van der Waals surface area contributed by atoms with Crippen LogP contribution in [0.15, 0.2) is 35.4 Å². The zero-order chi connectivity index (χ0) is 10.9. The highest BCUT2D eigenvalue weighted by molar-refractivity contribution is 5.63. The minimum absolute atomic E-state index is 0.238. The van der Waals surface area contributed by atoms with E-state index in [1.165, 1.54) is 6.21 Å². The van der Waals surface area contributed by atoms with Crippen LogP contribution in [0, 0.1) is 0 Å². The van der Waals surface area contributed by atoms with Gasteiger partial charge >= 0.3 is 0 Å². The number of nitrogens with one attached hydrogen (secondary N) is 2. The minimum atomic E-state index is -0.238. The monoisotopic (exact) mass is 207 g/mol. The maximum absolute atomic E-state index is 9.88. The molecule has 0 heterocycles. The summed E-state index contributed by atoms with van der Waals surface area (Å²) < 4.78 is 0. The molecule has 15 heavy (non-hydrogen) atoms. The lowest BCUT2D eigenvalue weighted by atomic mass is 10.3. The van der Waals surface area contributed by atoms with Gasteiger partial charge in [0.2, 0.25) is 6.41 Å². The van der Waals surface area contributed by atoms with Gasteiger partial charge in [-0.15, -0.1) is 0 Å². The second-order valence-corrected chi connectivity index (χ2v) is 2.82. The van der Waals surface area contributed by atoms with Gasteiger partial charge in [0.15, 0.2) is 0 Å². The van der Waals surface area contributed by atoms with E-state index < -0.39 is 0 Å². The number of carbonyl (C=O) groups excluding carboxylic acids is 1. The number of amides is 1. The van der Waals surface area contributed by atoms with Gasteiger partial charge in [-0.05, 0) is 19.1 Å². The number of anilines is 1. The van der Waals surface area contributed by atoms with Crippen molar-refractivity contribution in [1.29, 1.82) is 0 Å². The van der Waals surface area contributed by atoms with Crippen LogP contribution in [0.3, 0.4) is 0 Å². The number of hydrogen-bond acceptors (Lipinski definition) is 4. The first kappa shape index (κ1) is 11.2. The predicted octanol–water partition coefficient (Wildman–Crippen LogP) is 1.15. The molecule has 2 N–H and O–H groups in total. The lowest BCUT2D eigenvalue weighted by Gasteiger charge is -2.09. The average molecular weight is 207 g/mol. The molecule has 0 saturated heterocycles. The number of rotatable bonds is 6. The molecule has 0 unspecified atom stereocenters. The average Bonchev–Trinajstić information content (AvgIpc) is 2.28.